The number of halogens is 1. The number of benzene rings is 2. The Morgan fingerprint density at radius 1 is 1.00 bits per heavy atom. The summed E-state index contributed by atoms with van der Waals surface area (Å²) in [4.78, 5) is 19.2. The van der Waals surface area contributed by atoms with Crippen molar-refractivity contribution in [3.63, 3.8) is 0 Å². The number of rotatable bonds is 5. The molecule has 0 aliphatic carbocycles. The highest BCUT2D eigenvalue weighted by atomic mass is 35.5. The SMILES string of the molecule is CCN(CC)c1ccc(N2CCN(C(=O)c3cccc(Cl)c3)CC2)cc1. The molecule has 1 heterocycles. The van der Waals surface area contributed by atoms with Gasteiger partial charge in [0.1, 0.15) is 0 Å². The fourth-order valence-corrected chi connectivity index (χ4v) is 3.63. The van der Waals surface area contributed by atoms with Gasteiger partial charge in [-0.05, 0) is 56.3 Å². The number of carbonyl (C=O) groups is 1. The molecule has 3 rings (SSSR count). The lowest BCUT2D eigenvalue weighted by atomic mass is 10.1. The second kappa shape index (κ2) is 8.45. The van der Waals surface area contributed by atoms with Crippen LogP contribution in [0, 0.1) is 0 Å². The Morgan fingerprint density at radius 2 is 1.65 bits per heavy atom. The molecular formula is C21H26ClN3O. The van der Waals surface area contributed by atoms with Crippen molar-refractivity contribution >= 4 is 28.9 Å². The van der Waals surface area contributed by atoms with Gasteiger partial charge >= 0.3 is 0 Å². The molecule has 0 radical (unpaired) electrons. The largest absolute Gasteiger partial charge is 0.372 e. The highest BCUT2D eigenvalue weighted by Gasteiger charge is 2.22. The van der Waals surface area contributed by atoms with Gasteiger partial charge in [-0.25, -0.2) is 0 Å². The van der Waals surface area contributed by atoms with Crippen LogP contribution < -0.4 is 9.80 Å². The summed E-state index contributed by atoms with van der Waals surface area (Å²) in [6.45, 7) is 9.52. The molecule has 1 aliphatic heterocycles. The molecular weight excluding hydrogens is 346 g/mol. The van der Waals surface area contributed by atoms with Crippen LogP contribution in [0.3, 0.4) is 0 Å². The summed E-state index contributed by atoms with van der Waals surface area (Å²) in [5.74, 6) is 0.0593. The summed E-state index contributed by atoms with van der Waals surface area (Å²) in [5.41, 5.74) is 3.14. The van der Waals surface area contributed by atoms with Crippen molar-refractivity contribution in [1.82, 2.24) is 4.90 Å². The molecule has 1 aliphatic rings. The van der Waals surface area contributed by atoms with Crippen molar-refractivity contribution in [2.24, 2.45) is 0 Å². The van der Waals surface area contributed by atoms with Crippen LogP contribution in [-0.2, 0) is 0 Å². The molecule has 0 bridgehead atoms. The number of piperazine rings is 1. The predicted molar refractivity (Wildman–Crippen MR) is 110 cm³/mol. The van der Waals surface area contributed by atoms with Crippen LogP contribution in [0.5, 0.6) is 0 Å². The van der Waals surface area contributed by atoms with Crippen LogP contribution in [0.2, 0.25) is 5.02 Å². The summed E-state index contributed by atoms with van der Waals surface area (Å²) < 4.78 is 0. The van der Waals surface area contributed by atoms with Gasteiger partial charge in [-0.15, -0.1) is 0 Å². The summed E-state index contributed by atoms with van der Waals surface area (Å²) >= 11 is 6.00. The Balaban J connectivity index is 1.60. The van der Waals surface area contributed by atoms with E-state index in [0.29, 0.717) is 10.6 Å². The Hall–Kier alpha value is -2.20. The standard InChI is InChI=1S/C21H26ClN3O/c1-3-23(4-2)19-8-10-20(11-9-19)24-12-14-25(15-13-24)21(26)17-6-5-7-18(22)16-17/h5-11,16H,3-4,12-15H2,1-2H3. The van der Waals surface area contributed by atoms with Crippen LogP contribution in [0.1, 0.15) is 24.2 Å². The Morgan fingerprint density at radius 3 is 2.23 bits per heavy atom. The van der Waals surface area contributed by atoms with E-state index in [0.717, 1.165) is 39.3 Å². The summed E-state index contributed by atoms with van der Waals surface area (Å²) in [5, 5.41) is 0.600. The molecule has 4 nitrogen and oxygen atoms in total. The van der Waals surface area contributed by atoms with Crippen LogP contribution >= 0.6 is 11.6 Å². The van der Waals surface area contributed by atoms with Gasteiger partial charge in [0, 0.05) is 61.2 Å². The molecule has 138 valence electrons. The van der Waals surface area contributed by atoms with Crippen molar-refractivity contribution in [1.29, 1.82) is 0 Å². The third-order valence-electron chi connectivity index (χ3n) is 4.98. The van der Waals surface area contributed by atoms with Crippen molar-refractivity contribution in [3.8, 4) is 0 Å². The van der Waals surface area contributed by atoms with Gasteiger partial charge in [0.25, 0.3) is 5.91 Å². The van der Waals surface area contributed by atoms with Gasteiger partial charge in [-0.1, -0.05) is 17.7 Å². The van der Waals surface area contributed by atoms with Gasteiger partial charge in [-0.3, -0.25) is 4.79 Å². The fraction of sp³-hybridized carbons (Fsp3) is 0.381. The first-order valence-electron chi connectivity index (χ1n) is 9.27. The number of carbonyl (C=O) groups excluding carboxylic acids is 1. The van der Waals surface area contributed by atoms with Crippen molar-refractivity contribution in [2.45, 2.75) is 13.8 Å². The average Bonchev–Trinajstić information content (AvgIpc) is 2.69. The Kier molecular flexibility index (Phi) is 6.04. The topological polar surface area (TPSA) is 26.8 Å². The molecule has 5 heteroatoms. The molecule has 0 saturated carbocycles. The number of nitrogens with zero attached hydrogens (tertiary/aromatic N) is 3. The monoisotopic (exact) mass is 371 g/mol. The number of anilines is 2. The van der Waals surface area contributed by atoms with Crippen LogP contribution in [0.25, 0.3) is 0 Å². The van der Waals surface area contributed by atoms with Crippen molar-refractivity contribution in [3.05, 3.63) is 59.1 Å². The van der Waals surface area contributed by atoms with Crippen molar-refractivity contribution < 1.29 is 4.79 Å². The van der Waals surface area contributed by atoms with E-state index in [-0.39, 0.29) is 5.91 Å². The van der Waals surface area contributed by atoms with Crippen LogP contribution in [0.4, 0.5) is 11.4 Å². The Bertz CT molecular complexity index is 735. The zero-order valence-electron chi connectivity index (χ0n) is 15.5. The summed E-state index contributed by atoms with van der Waals surface area (Å²) in [7, 11) is 0. The normalized spacial score (nSPS) is 14.4. The van der Waals surface area contributed by atoms with Gasteiger partial charge < -0.3 is 14.7 Å². The minimum Gasteiger partial charge on any atom is -0.372 e. The molecule has 26 heavy (non-hydrogen) atoms. The molecule has 0 spiro atoms. The lowest BCUT2D eigenvalue weighted by molar-refractivity contribution is 0.0747. The Labute approximate surface area is 161 Å². The van der Waals surface area contributed by atoms with E-state index in [4.69, 9.17) is 11.6 Å². The molecule has 0 aromatic heterocycles. The first-order chi connectivity index (χ1) is 12.6. The molecule has 0 N–H and O–H groups in total. The molecule has 2 aromatic carbocycles. The first kappa shape index (κ1) is 18.6. The van der Waals surface area contributed by atoms with E-state index in [1.807, 2.05) is 17.0 Å². The lowest BCUT2D eigenvalue weighted by Gasteiger charge is -2.36. The minimum absolute atomic E-state index is 0.0593. The maximum Gasteiger partial charge on any atom is 0.254 e. The second-order valence-electron chi connectivity index (χ2n) is 6.48. The number of amides is 1. The van der Waals surface area contributed by atoms with E-state index in [1.165, 1.54) is 11.4 Å². The van der Waals surface area contributed by atoms with Gasteiger partial charge in [0.05, 0.1) is 0 Å². The maximum absolute atomic E-state index is 12.6. The fourth-order valence-electron chi connectivity index (χ4n) is 3.43. The summed E-state index contributed by atoms with van der Waals surface area (Å²) in [6, 6.07) is 15.9. The molecule has 0 atom stereocenters. The lowest BCUT2D eigenvalue weighted by Crippen LogP contribution is -2.48. The predicted octanol–water partition coefficient (Wildman–Crippen LogP) is 4.15. The third-order valence-corrected chi connectivity index (χ3v) is 5.22. The minimum atomic E-state index is 0.0593. The molecule has 0 unspecified atom stereocenters. The first-order valence-corrected chi connectivity index (χ1v) is 9.65. The second-order valence-corrected chi connectivity index (χ2v) is 6.91. The van der Waals surface area contributed by atoms with E-state index in [2.05, 4.69) is 47.9 Å². The van der Waals surface area contributed by atoms with Crippen LogP contribution in [0.15, 0.2) is 48.5 Å². The summed E-state index contributed by atoms with van der Waals surface area (Å²) in [6.07, 6.45) is 0. The number of hydrogen-bond donors (Lipinski definition) is 0. The van der Waals surface area contributed by atoms with E-state index in [9.17, 15) is 4.79 Å². The third kappa shape index (κ3) is 4.13. The molecule has 1 fully saturated rings. The quantitative estimate of drug-likeness (QED) is 0.790. The zero-order valence-corrected chi connectivity index (χ0v) is 16.2. The maximum atomic E-state index is 12.6. The van der Waals surface area contributed by atoms with Crippen LogP contribution in [-0.4, -0.2) is 50.1 Å². The smallest absolute Gasteiger partial charge is 0.254 e. The van der Waals surface area contributed by atoms with E-state index in [1.54, 1.807) is 12.1 Å². The average molecular weight is 372 g/mol. The molecule has 1 amide bonds. The highest BCUT2D eigenvalue weighted by Crippen LogP contribution is 2.22. The van der Waals surface area contributed by atoms with Crippen molar-refractivity contribution in [2.75, 3.05) is 49.1 Å². The number of hydrogen-bond acceptors (Lipinski definition) is 3. The molecule has 1 saturated heterocycles. The molecule has 2 aromatic rings. The zero-order chi connectivity index (χ0) is 18.5. The highest BCUT2D eigenvalue weighted by molar-refractivity contribution is 6.30. The van der Waals surface area contributed by atoms with E-state index < -0.39 is 0 Å². The van der Waals surface area contributed by atoms with Gasteiger partial charge in [-0.2, -0.15) is 0 Å². The van der Waals surface area contributed by atoms with E-state index >= 15 is 0 Å². The van der Waals surface area contributed by atoms with Gasteiger partial charge in [0.2, 0.25) is 0 Å². The van der Waals surface area contributed by atoms with Gasteiger partial charge in [0.15, 0.2) is 0 Å².